The van der Waals surface area contributed by atoms with Crippen molar-refractivity contribution in [1.82, 2.24) is 39.6 Å². The fourth-order valence-electron chi connectivity index (χ4n) is 3.61. The van der Waals surface area contributed by atoms with Crippen molar-refractivity contribution in [3.8, 4) is 11.5 Å². The quantitative estimate of drug-likeness (QED) is 0.280. The molecule has 0 aliphatic heterocycles. The minimum absolute atomic E-state index is 0.383. The Morgan fingerprint density at radius 3 is 1.44 bits per heavy atom. The molecule has 0 aliphatic carbocycles. The predicted molar refractivity (Wildman–Crippen MR) is 136 cm³/mol. The van der Waals surface area contributed by atoms with Crippen molar-refractivity contribution >= 4 is 32.6 Å². The van der Waals surface area contributed by atoms with E-state index in [0.29, 0.717) is 26.1 Å². The first-order valence-electron chi connectivity index (χ1n) is 11.4. The van der Waals surface area contributed by atoms with E-state index in [-0.39, 0.29) is 0 Å². The third-order valence-corrected chi connectivity index (χ3v) is 7.28. The molecule has 0 unspecified atom stereocenters. The standard InChI is InChI=1S/C24H22N8O2S2/c1-15-3-7-17(8-4-15)33-13-21-29-31-19(25-27-23(31)35-21)11-12-20-26-28-24-32(20)30-22(36-24)14-34-18-9-5-16(2)6-10-18/h3-10H,11-14H2,1-2H3. The molecule has 0 radical (unpaired) electrons. The second-order valence-corrected chi connectivity index (χ2v) is 10.4. The first-order chi connectivity index (χ1) is 17.6. The number of fused-ring (bicyclic) bond motifs is 2. The van der Waals surface area contributed by atoms with Crippen LogP contribution in [0.2, 0.25) is 0 Å². The number of aryl methyl sites for hydroxylation is 4. The SMILES string of the molecule is Cc1ccc(OCc2nn3c(CCc4nnc5sc(COc6ccc(C)cc6)nn45)nnc3s2)cc1. The van der Waals surface area contributed by atoms with E-state index in [1.807, 2.05) is 62.4 Å². The van der Waals surface area contributed by atoms with Crippen LogP contribution in [0.15, 0.2) is 48.5 Å². The van der Waals surface area contributed by atoms with Gasteiger partial charge in [-0.1, -0.05) is 58.1 Å². The van der Waals surface area contributed by atoms with Gasteiger partial charge in [0.15, 0.2) is 21.7 Å². The zero-order valence-corrected chi connectivity index (χ0v) is 21.3. The maximum atomic E-state index is 5.86. The van der Waals surface area contributed by atoms with Crippen LogP contribution >= 0.6 is 22.7 Å². The smallest absolute Gasteiger partial charge is 0.234 e. The Balaban J connectivity index is 1.10. The van der Waals surface area contributed by atoms with E-state index in [1.165, 1.54) is 33.8 Å². The van der Waals surface area contributed by atoms with E-state index in [0.717, 1.165) is 43.1 Å². The van der Waals surface area contributed by atoms with E-state index in [2.05, 4.69) is 30.6 Å². The Kier molecular flexibility index (Phi) is 6.03. The number of hydrogen-bond acceptors (Lipinski definition) is 10. The summed E-state index contributed by atoms with van der Waals surface area (Å²) in [7, 11) is 0. The van der Waals surface area contributed by atoms with Crippen molar-refractivity contribution in [2.24, 2.45) is 0 Å². The summed E-state index contributed by atoms with van der Waals surface area (Å²) in [6, 6.07) is 15.9. The van der Waals surface area contributed by atoms with Gasteiger partial charge >= 0.3 is 0 Å². The maximum absolute atomic E-state index is 5.86. The first-order valence-corrected chi connectivity index (χ1v) is 13.0. The summed E-state index contributed by atoms with van der Waals surface area (Å²) >= 11 is 2.94. The molecule has 4 heterocycles. The van der Waals surface area contributed by atoms with E-state index in [1.54, 1.807) is 9.03 Å². The van der Waals surface area contributed by atoms with Crippen molar-refractivity contribution in [3.05, 3.63) is 81.3 Å². The molecule has 0 saturated carbocycles. The number of hydrogen-bond donors (Lipinski definition) is 0. The number of nitrogens with zero attached hydrogens (tertiary/aromatic N) is 8. The average molecular weight is 519 g/mol. The highest BCUT2D eigenvalue weighted by atomic mass is 32.1. The number of aromatic nitrogens is 8. The summed E-state index contributed by atoms with van der Waals surface area (Å²) in [5.41, 5.74) is 2.39. The van der Waals surface area contributed by atoms with Gasteiger partial charge in [0.25, 0.3) is 0 Å². The van der Waals surface area contributed by atoms with E-state index in [9.17, 15) is 0 Å². The Morgan fingerprint density at radius 2 is 1.03 bits per heavy atom. The second-order valence-electron chi connectivity index (χ2n) is 8.32. The van der Waals surface area contributed by atoms with Crippen molar-refractivity contribution in [3.63, 3.8) is 0 Å². The molecular formula is C24H22N8O2S2. The summed E-state index contributed by atoms with van der Waals surface area (Å²) in [5, 5.41) is 28.1. The van der Waals surface area contributed by atoms with Crippen LogP contribution in [0.5, 0.6) is 11.5 Å². The second kappa shape index (κ2) is 9.63. The van der Waals surface area contributed by atoms with Gasteiger partial charge in [-0.15, -0.1) is 20.4 Å². The monoisotopic (exact) mass is 518 g/mol. The number of ether oxygens (including phenoxy) is 2. The molecule has 0 spiro atoms. The first kappa shape index (κ1) is 22.6. The van der Waals surface area contributed by atoms with Crippen LogP contribution in [0, 0.1) is 13.8 Å². The van der Waals surface area contributed by atoms with Gasteiger partial charge in [-0.05, 0) is 38.1 Å². The van der Waals surface area contributed by atoms with Gasteiger partial charge in [-0.2, -0.15) is 19.2 Å². The summed E-state index contributed by atoms with van der Waals surface area (Å²) in [4.78, 5) is 1.48. The normalized spacial score (nSPS) is 11.5. The molecular weight excluding hydrogens is 496 g/mol. The van der Waals surface area contributed by atoms with Crippen molar-refractivity contribution in [1.29, 1.82) is 0 Å². The molecule has 0 atom stereocenters. The summed E-state index contributed by atoms with van der Waals surface area (Å²) < 4.78 is 15.3. The molecule has 0 fully saturated rings. The van der Waals surface area contributed by atoms with Gasteiger partial charge in [-0.25, -0.2) is 0 Å². The van der Waals surface area contributed by atoms with Crippen LogP contribution in [0.3, 0.4) is 0 Å². The van der Waals surface area contributed by atoms with Gasteiger partial charge in [-0.3, -0.25) is 0 Å². The largest absolute Gasteiger partial charge is 0.486 e. The van der Waals surface area contributed by atoms with E-state index < -0.39 is 0 Å². The Hall–Kier alpha value is -3.90. The fraction of sp³-hybridized carbons (Fsp3) is 0.250. The number of rotatable bonds is 9. The number of benzene rings is 2. The highest BCUT2D eigenvalue weighted by Crippen LogP contribution is 2.20. The molecule has 6 aromatic rings. The molecule has 10 nitrogen and oxygen atoms in total. The molecule has 0 aliphatic rings. The van der Waals surface area contributed by atoms with Crippen LogP contribution in [0.25, 0.3) is 9.92 Å². The highest BCUT2D eigenvalue weighted by Gasteiger charge is 2.16. The van der Waals surface area contributed by atoms with Gasteiger partial charge in [0, 0.05) is 12.8 Å². The molecule has 4 aromatic heterocycles. The van der Waals surface area contributed by atoms with Gasteiger partial charge in [0.2, 0.25) is 9.92 Å². The molecule has 0 N–H and O–H groups in total. The third-order valence-electron chi connectivity index (χ3n) is 5.53. The summed E-state index contributed by atoms with van der Waals surface area (Å²) in [5.74, 6) is 3.15. The van der Waals surface area contributed by atoms with Gasteiger partial charge in [0.05, 0.1) is 0 Å². The lowest BCUT2D eigenvalue weighted by Crippen LogP contribution is -2.04. The minimum Gasteiger partial charge on any atom is -0.486 e. The van der Waals surface area contributed by atoms with Crippen LogP contribution in [0.4, 0.5) is 0 Å². The lowest BCUT2D eigenvalue weighted by atomic mass is 10.2. The molecule has 0 saturated heterocycles. The van der Waals surface area contributed by atoms with Crippen LogP contribution in [-0.4, -0.2) is 39.6 Å². The molecule has 36 heavy (non-hydrogen) atoms. The zero-order valence-electron chi connectivity index (χ0n) is 19.7. The molecule has 0 bridgehead atoms. The maximum Gasteiger partial charge on any atom is 0.234 e. The third kappa shape index (κ3) is 4.77. The lowest BCUT2D eigenvalue weighted by Gasteiger charge is -2.03. The van der Waals surface area contributed by atoms with Crippen LogP contribution < -0.4 is 9.47 Å². The average Bonchev–Trinajstić information content (AvgIpc) is 3.64. The fourth-order valence-corrected chi connectivity index (χ4v) is 5.14. The molecule has 6 rings (SSSR count). The zero-order chi connectivity index (χ0) is 24.5. The van der Waals surface area contributed by atoms with Crippen LogP contribution in [0.1, 0.15) is 32.8 Å². The topological polar surface area (TPSA) is 105 Å². The Bertz CT molecular complexity index is 1490. The Labute approximate surface area is 214 Å². The highest BCUT2D eigenvalue weighted by molar-refractivity contribution is 7.16. The predicted octanol–water partition coefficient (Wildman–Crippen LogP) is 4.25. The summed E-state index contributed by atoms with van der Waals surface area (Å²) in [6.45, 7) is 4.86. The van der Waals surface area contributed by atoms with Gasteiger partial charge < -0.3 is 9.47 Å². The van der Waals surface area contributed by atoms with Crippen molar-refractivity contribution in [2.75, 3.05) is 0 Å². The van der Waals surface area contributed by atoms with Gasteiger partial charge in [0.1, 0.15) is 24.7 Å². The molecule has 2 aromatic carbocycles. The van der Waals surface area contributed by atoms with E-state index >= 15 is 0 Å². The van der Waals surface area contributed by atoms with Crippen molar-refractivity contribution < 1.29 is 9.47 Å². The minimum atomic E-state index is 0.383. The van der Waals surface area contributed by atoms with Crippen LogP contribution in [-0.2, 0) is 26.1 Å². The lowest BCUT2D eigenvalue weighted by molar-refractivity contribution is 0.303. The summed E-state index contributed by atoms with van der Waals surface area (Å²) in [6.07, 6.45) is 1.22. The molecule has 182 valence electrons. The molecule has 0 amide bonds. The van der Waals surface area contributed by atoms with Crippen molar-refractivity contribution in [2.45, 2.75) is 39.9 Å². The Morgan fingerprint density at radius 1 is 0.611 bits per heavy atom. The van der Waals surface area contributed by atoms with E-state index in [4.69, 9.17) is 9.47 Å². The molecule has 12 heteroatoms.